The second kappa shape index (κ2) is 4.80. The molecule has 0 aliphatic carbocycles. The number of ether oxygens (including phenoxy) is 2. The zero-order valence-electron chi connectivity index (χ0n) is 6.92. The molecule has 3 atom stereocenters. The molecule has 1 aliphatic rings. The Morgan fingerprint density at radius 2 is 2.38 bits per heavy atom. The highest BCUT2D eigenvalue weighted by Crippen LogP contribution is 2.17. The van der Waals surface area contributed by atoms with Crippen molar-refractivity contribution in [2.45, 2.75) is 24.7 Å². The molecule has 5 nitrogen and oxygen atoms in total. The maximum atomic E-state index is 10.4. The summed E-state index contributed by atoms with van der Waals surface area (Å²) < 4.78 is 9.75. The van der Waals surface area contributed by atoms with Gasteiger partial charge >= 0.3 is 5.30 Å². The first-order valence-corrected chi connectivity index (χ1v) is 4.38. The van der Waals surface area contributed by atoms with Crippen LogP contribution in [0.4, 0.5) is 4.79 Å². The van der Waals surface area contributed by atoms with Crippen LogP contribution in [0.5, 0.6) is 0 Å². The van der Waals surface area contributed by atoms with Crippen LogP contribution in [-0.2, 0) is 9.47 Å². The van der Waals surface area contributed by atoms with Crippen molar-refractivity contribution in [3.05, 3.63) is 0 Å². The molecule has 76 valence electrons. The molecule has 0 aromatic rings. The van der Waals surface area contributed by atoms with E-state index in [0.29, 0.717) is 0 Å². The second-order valence-corrected chi connectivity index (χ2v) is 3.23. The van der Waals surface area contributed by atoms with E-state index in [1.165, 1.54) is 0 Å². The molecule has 2 N–H and O–H groups in total. The SMILES string of the molecule is O=C(S)OC1COC(CO)CC1O. The van der Waals surface area contributed by atoms with Crippen molar-refractivity contribution in [2.24, 2.45) is 0 Å². The Bertz CT molecular complexity index is 186. The molecule has 1 rings (SSSR count). The molecular formula is C7H12O5S. The van der Waals surface area contributed by atoms with Gasteiger partial charge in [0.1, 0.15) is 0 Å². The molecule has 3 unspecified atom stereocenters. The van der Waals surface area contributed by atoms with E-state index >= 15 is 0 Å². The summed E-state index contributed by atoms with van der Waals surface area (Å²) >= 11 is 3.42. The Labute approximate surface area is 81.1 Å². The van der Waals surface area contributed by atoms with Gasteiger partial charge < -0.3 is 19.7 Å². The van der Waals surface area contributed by atoms with E-state index in [1.54, 1.807) is 0 Å². The average Bonchev–Trinajstić information content (AvgIpc) is 2.08. The van der Waals surface area contributed by atoms with Crippen LogP contribution in [0.1, 0.15) is 6.42 Å². The van der Waals surface area contributed by atoms with Crippen LogP contribution < -0.4 is 0 Å². The summed E-state index contributed by atoms with van der Waals surface area (Å²) in [5, 5.41) is 17.4. The molecule has 0 radical (unpaired) electrons. The van der Waals surface area contributed by atoms with Gasteiger partial charge in [0.2, 0.25) is 0 Å². The predicted molar refractivity (Wildman–Crippen MR) is 46.7 cm³/mol. The molecule has 0 spiro atoms. The number of hydrogen-bond donors (Lipinski definition) is 3. The number of carbonyl (C=O) groups is 1. The molecule has 6 heteroatoms. The smallest absolute Gasteiger partial charge is 0.364 e. The summed E-state index contributed by atoms with van der Waals surface area (Å²) in [5.74, 6) is 0. The Morgan fingerprint density at radius 3 is 2.85 bits per heavy atom. The van der Waals surface area contributed by atoms with Crippen molar-refractivity contribution in [1.29, 1.82) is 0 Å². The molecule has 1 aliphatic heterocycles. The molecule has 0 aromatic carbocycles. The first-order chi connectivity index (χ1) is 6.13. The third-order valence-corrected chi connectivity index (χ3v) is 1.99. The van der Waals surface area contributed by atoms with Crippen molar-refractivity contribution >= 4 is 17.9 Å². The molecule has 0 saturated carbocycles. The largest absolute Gasteiger partial charge is 0.449 e. The van der Waals surface area contributed by atoms with E-state index < -0.39 is 17.5 Å². The highest BCUT2D eigenvalue weighted by Gasteiger charge is 2.31. The van der Waals surface area contributed by atoms with Gasteiger partial charge in [-0.2, -0.15) is 0 Å². The van der Waals surface area contributed by atoms with Crippen molar-refractivity contribution in [3.63, 3.8) is 0 Å². The molecular weight excluding hydrogens is 196 g/mol. The molecule has 13 heavy (non-hydrogen) atoms. The molecule has 1 fully saturated rings. The number of hydrogen-bond acceptors (Lipinski definition) is 5. The van der Waals surface area contributed by atoms with Crippen molar-refractivity contribution in [2.75, 3.05) is 13.2 Å². The summed E-state index contributed by atoms with van der Waals surface area (Å²) in [6, 6.07) is 0. The highest BCUT2D eigenvalue weighted by molar-refractivity contribution is 7.96. The molecule has 0 aromatic heterocycles. The van der Waals surface area contributed by atoms with Crippen molar-refractivity contribution < 1.29 is 24.5 Å². The maximum Gasteiger partial charge on any atom is 0.364 e. The lowest BCUT2D eigenvalue weighted by atomic mass is 10.0. The van der Waals surface area contributed by atoms with E-state index in [1.807, 2.05) is 0 Å². The number of aliphatic hydroxyl groups excluding tert-OH is 2. The minimum Gasteiger partial charge on any atom is -0.449 e. The standard InChI is InChI=1S/C7H12O5S/c8-2-4-1-5(9)6(3-11-4)12-7(10)13/h4-6,8-9H,1-3H2,(H,10,13). The minimum atomic E-state index is -0.790. The van der Waals surface area contributed by atoms with Gasteiger partial charge in [-0.25, -0.2) is 4.79 Å². The third-order valence-electron chi connectivity index (χ3n) is 1.89. The molecule has 0 amide bonds. The monoisotopic (exact) mass is 208 g/mol. The van der Waals surface area contributed by atoms with Crippen LogP contribution in [0.25, 0.3) is 0 Å². The average molecular weight is 208 g/mol. The molecule has 1 saturated heterocycles. The van der Waals surface area contributed by atoms with E-state index in [0.717, 1.165) is 0 Å². The lowest BCUT2D eigenvalue weighted by molar-refractivity contribution is -0.129. The zero-order chi connectivity index (χ0) is 9.84. The van der Waals surface area contributed by atoms with Gasteiger partial charge in [-0.05, 0) is 0 Å². The van der Waals surface area contributed by atoms with Crippen LogP contribution in [-0.4, -0.2) is 47.0 Å². The van der Waals surface area contributed by atoms with E-state index in [9.17, 15) is 9.90 Å². The van der Waals surface area contributed by atoms with E-state index in [4.69, 9.17) is 9.84 Å². The van der Waals surface area contributed by atoms with E-state index in [-0.39, 0.29) is 25.7 Å². The molecule has 0 bridgehead atoms. The number of aliphatic hydroxyl groups is 2. The fourth-order valence-electron chi connectivity index (χ4n) is 1.20. The Balaban J connectivity index is 2.39. The van der Waals surface area contributed by atoms with Crippen molar-refractivity contribution in [3.8, 4) is 0 Å². The van der Waals surface area contributed by atoms with Crippen LogP contribution in [0.2, 0.25) is 0 Å². The van der Waals surface area contributed by atoms with Gasteiger partial charge in [0.25, 0.3) is 0 Å². The summed E-state index contributed by atoms with van der Waals surface area (Å²) in [6.45, 7) is -0.0444. The van der Waals surface area contributed by atoms with Crippen LogP contribution in [0.15, 0.2) is 0 Å². The van der Waals surface area contributed by atoms with Gasteiger partial charge in [-0.3, -0.25) is 0 Å². The topological polar surface area (TPSA) is 76.0 Å². The lowest BCUT2D eigenvalue weighted by Gasteiger charge is -2.31. The minimum absolute atomic E-state index is 0.0959. The van der Waals surface area contributed by atoms with Gasteiger partial charge in [-0.1, -0.05) is 12.6 Å². The summed E-state index contributed by atoms with van der Waals surface area (Å²) in [7, 11) is 0. The Hall–Kier alpha value is -0.300. The zero-order valence-corrected chi connectivity index (χ0v) is 7.81. The lowest BCUT2D eigenvalue weighted by Crippen LogP contribution is -2.44. The van der Waals surface area contributed by atoms with Gasteiger partial charge in [0.15, 0.2) is 6.10 Å². The van der Waals surface area contributed by atoms with Crippen LogP contribution in [0.3, 0.4) is 0 Å². The number of rotatable bonds is 2. The van der Waals surface area contributed by atoms with Crippen LogP contribution in [0, 0.1) is 0 Å². The second-order valence-electron chi connectivity index (χ2n) is 2.86. The quantitative estimate of drug-likeness (QED) is 0.424. The van der Waals surface area contributed by atoms with Crippen LogP contribution >= 0.6 is 12.6 Å². The number of thiol groups is 1. The fraction of sp³-hybridized carbons (Fsp3) is 0.857. The predicted octanol–water partition coefficient (Wildman–Crippen LogP) is -0.437. The normalized spacial score (nSPS) is 34.2. The first kappa shape index (κ1) is 10.8. The summed E-state index contributed by atoms with van der Waals surface area (Å²) in [4.78, 5) is 10.4. The van der Waals surface area contributed by atoms with Crippen molar-refractivity contribution in [1.82, 2.24) is 0 Å². The Kier molecular flexibility index (Phi) is 3.98. The summed E-state index contributed by atoms with van der Waals surface area (Å²) in [6.07, 6.45) is -1.57. The maximum absolute atomic E-state index is 10.4. The van der Waals surface area contributed by atoms with E-state index in [2.05, 4.69) is 17.4 Å². The van der Waals surface area contributed by atoms with Gasteiger partial charge in [-0.15, -0.1) is 0 Å². The summed E-state index contributed by atoms with van der Waals surface area (Å²) in [5.41, 5.74) is 0. The number of carbonyl (C=O) groups excluding carboxylic acids is 1. The molecule has 1 heterocycles. The fourth-order valence-corrected chi connectivity index (χ4v) is 1.34. The highest BCUT2D eigenvalue weighted by atomic mass is 32.1. The van der Waals surface area contributed by atoms with Gasteiger partial charge in [0.05, 0.1) is 25.4 Å². The van der Waals surface area contributed by atoms with Gasteiger partial charge in [0, 0.05) is 6.42 Å². The Morgan fingerprint density at radius 1 is 1.69 bits per heavy atom. The first-order valence-electron chi connectivity index (χ1n) is 3.93. The third kappa shape index (κ3) is 3.15.